The van der Waals surface area contributed by atoms with Gasteiger partial charge >= 0.3 is 5.82 Å². The van der Waals surface area contributed by atoms with Crippen molar-refractivity contribution in [2.24, 2.45) is 0 Å². The van der Waals surface area contributed by atoms with Gasteiger partial charge in [0.1, 0.15) is 18.9 Å². The zero-order valence-corrected chi connectivity index (χ0v) is 13.5. The summed E-state index contributed by atoms with van der Waals surface area (Å²) < 4.78 is 13.7. The van der Waals surface area contributed by atoms with Crippen molar-refractivity contribution in [2.45, 2.75) is 13.5 Å². The highest BCUT2D eigenvalue weighted by atomic mass is 16.5. The van der Waals surface area contributed by atoms with E-state index in [0.29, 0.717) is 6.61 Å². The maximum atomic E-state index is 5.89. The van der Waals surface area contributed by atoms with Crippen molar-refractivity contribution in [1.82, 2.24) is 4.98 Å². The molecule has 2 heterocycles. The molecule has 0 saturated carbocycles. The zero-order valence-electron chi connectivity index (χ0n) is 13.5. The first-order valence-corrected chi connectivity index (χ1v) is 8.05. The summed E-state index contributed by atoms with van der Waals surface area (Å²) in [6.45, 7) is 3.39. The molecule has 4 heteroatoms. The fraction of sp³-hybridized carbons (Fsp3) is 0.150. The molecule has 0 aliphatic rings. The molecule has 0 aliphatic heterocycles. The lowest BCUT2D eigenvalue weighted by atomic mass is 10.2. The summed E-state index contributed by atoms with van der Waals surface area (Å²) in [4.78, 5) is 3.44. The van der Waals surface area contributed by atoms with Gasteiger partial charge in [-0.05, 0) is 43.3 Å². The molecule has 0 unspecified atom stereocenters. The first-order chi connectivity index (χ1) is 11.8. The van der Waals surface area contributed by atoms with E-state index >= 15 is 0 Å². The minimum Gasteiger partial charge on any atom is -0.489 e. The van der Waals surface area contributed by atoms with Crippen LogP contribution in [0.15, 0.2) is 71.3 Å². The van der Waals surface area contributed by atoms with Gasteiger partial charge in [-0.2, -0.15) is 0 Å². The Balaban J connectivity index is 1.60. The SMILES string of the molecule is Cc1ccc(OCC[n+]2c(-c3ccco3)[nH]c3ccccc32)cc1. The lowest BCUT2D eigenvalue weighted by Crippen LogP contribution is -2.37. The van der Waals surface area contributed by atoms with Crippen LogP contribution >= 0.6 is 0 Å². The Morgan fingerprint density at radius 1 is 1.00 bits per heavy atom. The number of nitrogens with one attached hydrogen (secondary N) is 1. The molecule has 2 aromatic heterocycles. The second-order valence-electron chi connectivity index (χ2n) is 5.78. The second kappa shape index (κ2) is 6.24. The minimum absolute atomic E-state index is 0.587. The van der Waals surface area contributed by atoms with Crippen LogP contribution in [0, 0.1) is 6.92 Å². The van der Waals surface area contributed by atoms with Gasteiger partial charge < -0.3 is 9.15 Å². The molecule has 4 nitrogen and oxygen atoms in total. The monoisotopic (exact) mass is 319 g/mol. The van der Waals surface area contributed by atoms with Gasteiger partial charge in [0.2, 0.25) is 5.76 Å². The molecule has 0 bridgehead atoms. The van der Waals surface area contributed by atoms with E-state index < -0.39 is 0 Å². The average molecular weight is 319 g/mol. The number of ether oxygens (including phenoxy) is 1. The molecule has 0 aliphatic carbocycles. The lowest BCUT2D eigenvalue weighted by Gasteiger charge is -2.06. The number of imidazole rings is 1. The van der Waals surface area contributed by atoms with E-state index in [9.17, 15) is 0 Å². The van der Waals surface area contributed by atoms with Crippen molar-refractivity contribution in [3.05, 3.63) is 72.5 Å². The Kier molecular flexibility index (Phi) is 3.79. The van der Waals surface area contributed by atoms with Crippen LogP contribution in [-0.2, 0) is 6.54 Å². The number of aromatic amines is 1. The number of fused-ring (bicyclic) bond motifs is 1. The summed E-state index contributed by atoms with van der Waals surface area (Å²) in [5, 5.41) is 0. The summed E-state index contributed by atoms with van der Waals surface area (Å²) in [6.07, 6.45) is 1.69. The third-order valence-corrected chi connectivity index (χ3v) is 4.08. The first kappa shape index (κ1) is 14.6. The van der Waals surface area contributed by atoms with Crippen molar-refractivity contribution in [3.8, 4) is 17.3 Å². The van der Waals surface area contributed by atoms with Gasteiger partial charge in [0, 0.05) is 0 Å². The number of para-hydroxylation sites is 2. The topological polar surface area (TPSA) is 42.0 Å². The summed E-state index contributed by atoms with van der Waals surface area (Å²) in [5.74, 6) is 2.66. The van der Waals surface area contributed by atoms with Gasteiger partial charge in [-0.15, -0.1) is 0 Å². The molecule has 0 spiro atoms. The molecule has 4 aromatic rings. The van der Waals surface area contributed by atoms with Crippen LogP contribution in [0.1, 0.15) is 5.56 Å². The van der Waals surface area contributed by atoms with E-state index in [2.05, 4.69) is 40.7 Å². The number of hydrogen-bond acceptors (Lipinski definition) is 2. The summed E-state index contributed by atoms with van der Waals surface area (Å²) in [6, 6.07) is 20.2. The summed E-state index contributed by atoms with van der Waals surface area (Å²) >= 11 is 0. The minimum atomic E-state index is 0.587. The van der Waals surface area contributed by atoms with Crippen LogP contribution in [0.2, 0.25) is 0 Å². The second-order valence-corrected chi connectivity index (χ2v) is 5.78. The van der Waals surface area contributed by atoms with E-state index in [4.69, 9.17) is 9.15 Å². The fourth-order valence-corrected chi connectivity index (χ4v) is 2.86. The first-order valence-electron chi connectivity index (χ1n) is 8.05. The highest BCUT2D eigenvalue weighted by molar-refractivity contribution is 5.73. The summed E-state index contributed by atoms with van der Waals surface area (Å²) in [7, 11) is 0. The Bertz CT molecular complexity index is 938. The standard InChI is InChI=1S/C20H18N2O2/c1-15-8-10-16(11-9-15)23-14-12-22-18-6-3-2-5-17(18)21-20(22)19-7-4-13-24-19/h2-11,13H,12,14H2,1H3/p+1. The van der Waals surface area contributed by atoms with Crippen LogP contribution in [0.25, 0.3) is 22.6 Å². The molecule has 0 fully saturated rings. The number of rotatable bonds is 5. The molecule has 4 rings (SSSR count). The zero-order chi connectivity index (χ0) is 16.4. The Morgan fingerprint density at radius 3 is 2.62 bits per heavy atom. The third-order valence-electron chi connectivity index (χ3n) is 4.08. The number of hydrogen-bond donors (Lipinski definition) is 1. The van der Waals surface area contributed by atoms with Crippen LogP contribution in [0.5, 0.6) is 5.75 Å². The number of H-pyrrole nitrogens is 1. The van der Waals surface area contributed by atoms with Crippen LogP contribution in [0.4, 0.5) is 0 Å². The maximum Gasteiger partial charge on any atom is 0.324 e. The molecule has 120 valence electrons. The average Bonchev–Trinajstić information content (AvgIpc) is 3.24. The smallest absolute Gasteiger partial charge is 0.324 e. The van der Waals surface area contributed by atoms with E-state index in [1.54, 1.807) is 6.26 Å². The molecule has 2 aromatic carbocycles. The fourth-order valence-electron chi connectivity index (χ4n) is 2.86. The normalized spacial score (nSPS) is 11.0. The highest BCUT2D eigenvalue weighted by Gasteiger charge is 2.21. The Labute approximate surface area is 140 Å². The van der Waals surface area contributed by atoms with Gasteiger partial charge in [-0.3, -0.25) is 0 Å². The van der Waals surface area contributed by atoms with Gasteiger partial charge in [-0.1, -0.05) is 29.8 Å². The van der Waals surface area contributed by atoms with E-state index in [1.807, 2.05) is 36.4 Å². The molecule has 0 radical (unpaired) electrons. The van der Waals surface area contributed by atoms with Crippen molar-refractivity contribution >= 4 is 11.0 Å². The van der Waals surface area contributed by atoms with Gasteiger partial charge in [-0.25, -0.2) is 9.55 Å². The highest BCUT2D eigenvalue weighted by Crippen LogP contribution is 2.19. The molecule has 0 atom stereocenters. The quantitative estimate of drug-likeness (QED) is 0.563. The molecule has 0 saturated heterocycles. The van der Waals surface area contributed by atoms with Gasteiger partial charge in [0.25, 0.3) is 0 Å². The van der Waals surface area contributed by atoms with Crippen molar-refractivity contribution in [3.63, 3.8) is 0 Å². The number of nitrogens with zero attached hydrogens (tertiary/aromatic N) is 1. The maximum absolute atomic E-state index is 5.89. The van der Waals surface area contributed by atoms with Crippen molar-refractivity contribution in [2.75, 3.05) is 6.61 Å². The van der Waals surface area contributed by atoms with Crippen LogP contribution in [0.3, 0.4) is 0 Å². The lowest BCUT2D eigenvalue weighted by molar-refractivity contribution is -0.661. The Morgan fingerprint density at radius 2 is 1.83 bits per heavy atom. The largest absolute Gasteiger partial charge is 0.489 e. The van der Waals surface area contributed by atoms with E-state index in [1.165, 1.54) is 5.56 Å². The van der Waals surface area contributed by atoms with E-state index in [-0.39, 0.29) is 0 Å². The molecular formula is C20H19N2O2+. The molecule has 24 heavy (non-hydrogen) atoms. The van der Waals surface area contributed by atoms with E-state index in [0.717, 1.165) is 34.9 Å². The van der Waals surface area contributed by atoms with Gasteiger partial charge in [0.15, 0.2) is 11.0 Å². The van der Waals surface area contributed by atoms with Gasteiger partial charge in [0.05, 0.1) is 6.26 Å². The molecule has 0 amide bonds. The number of aryl methyl sites for hydroxylation is 1. The third kappa shape index (κ3) is 2.78. The number of aromatic nitrogens is 2. The summed E-state index contributed by atoms with van der Waals surface area (Å²) in [5.41, 5.74) is 3.45. The van der Waals surface area contributed by atoms with Crippen molar-refractivity contribution in [1.29, 1.82) is 0 Å². The predicted octanol–water partition coefficient (Wildman–Crippen LogP) is 4.10. The predicted molar refractivity (Wildman–Crippen MR) is 92.9 cm³/mol. The Hall–Kier alpha value is -3.01. The van der Waals surface area contributed by atoms with Crippen LogP contribution in [-0.4, -0.2) is 11.6 Å². The molecule has 1 N–H and O–H groups in total. The molecular weight excluding hydrogens is 300 g/mol. The number of furan rings is 1. The van der Waals surface area contributed by atoms with Crippen molar-refractivity contribution < 1.29 is 13.7 Å². The van der Waals surface area contributed by atoms with Crippen LogP contribution < -0.4 is 9.30 Å². The number of benzene rings is 2.